The van der Waals surface area contributed by atoms with E-state index in [2.05, 4.69) is 28.8 Å². The number of carbonyl (C=O) groups is 1. The third-order valence-corrected chi connectivity index (χ3v) is 5.51. The highest BCUT2D eigenvalue weighted by molar-refractivity contribution is 7.17. The van der Waals surface area contributed by atoms with Crippen LogP contribution in [-0.4, -0.2) is 54.2 Å². The van der Waals surface area contributed by atoms with E-state index in [-0.39, 0.29) is 5.92 Å². The summed E-state index contributed by atoms with van der Waals surface area (Å²) in [7, 11) is 4.17. The molecule has 2 rings (SSSR count). The van der Waals surface area contributed by atoms with Gasteiger partial charge < -0.3 is 14.9 Å². The van der Waals surface area contributed by atoms with E-state index in [0.717, 1.165) is 36.8 Å². The van der Waals surface area contributed by atoms with Gasteiger partial charge >= 0.3 is 5.97 Å². The average molecular weight is 311 g/mol. The Labute approximate surface area is 130 Å². The van der Waals surface area contributed by atoms with Gasteiger partial charge in [-0.1, -0.05) is 25.2 Å². The van der Waals surface area contributed by atoms with Gasteiger partial charge in [0.2, 0.25) is 0 Å². The van der Waals surface area contributed by atoms with Gasteiger partial charge in [0, 0.05) is 19.6 Å². The molecule has 0 bridgehead atoms. The van der Waals surface area contributed by atoms with Gasteiger partial charge in [-0.05, 0) is 38.8 Å². The Balaban J connectivity index is 2.24. The maximum Gasteiger partial charge on any atom is 0.347 e. The molecule has 0 aromatic carbocycles. The monoisotopic (exact) mass is 311 g/mol. The number of likely N-dealkylation sites (N-methyl/N-ethyl adjacent to an activating group) is 2. The lowest BCUT2D eigenvalue weighted by atomic mass is 10.0. The van der Waals surface area contributed by atoms with Crippen LogP contribution in [0.4, 0.5) is 5.13 Å². The van der Waals surface area contributed by atoms with Crippen molar-refractivity contribution in [1.82, 2.24) is 9.88 Å². The highest BCUT2D eigenvalue weighted by atomic mass is 32.1. The summed E-state index contributed by atoms with van der Waals surface area (Å²) in [5.74, 6) is -0.674. The van der Waals surface area contributed by atoms with Crippen molar-refractivity contribution < 1.29 is 9.90 Å². The molecule has 2 atom stereocenters. The van der Waals surface area contributed by atoms with Crippen molar-refractivity contribution in [3.63, 3.8) is 0 Å². The molecule has 1 aromatic heterocycles. The summed E-state index contributed by atoms with van der Waals surface area (Å²) in [5.41, 5.74) is 0.737. The number of carboxylic acid groups (broad SMARTS) is 1. The minimum absolute atomic E-state index is 0.184. The van der Waals surface area contributed by atoms with Crippen molar-refractivity contribution >= 4 is 22.4 Å². The van der Waals surface area contributed by atoms with Crippen LogP contribution in [0, 0.1) is 0 Å². The molecule has 1 aliphatic heterocycles. The molecule has 5 nitrogen and oxygen atoms in total. The van der Waals surface area contributed by atoms with Gasteiger partial charge in [0.1, 0.15) is 4.88 Å². The number of aromatic carboxylic acids is 1. The zero-order valence-electron chi connectivity index (χ0n) is 13.3. The summed E-state index contributed by atoms with van der Waals surface area (Å²) in [6.07, 6.45) is 3.22. The second-order valence-electron chi connectivity index (χ2n) is 5.99. The Kier molecular flexibility index (Phi) is 5.22. The fraction of sp³-hybridized carbons (Fsp3) is 0.733. The van der Waals surface area contributed by atoms with Gasteiger partial charge in [-0.3, -0.25) is 0 Å². The molecule has 6 heteroatoms. The number of aromatic nitrogens is 1. The average Bonchev–Trinajstić information content (AvgIpc) is 2.91. The molecule has 0 saturated carbocycles. The number of rotatable bonds is 5. The lowest BCUT2D eigenvalue weighted by Crippen LogP contribution is -2.45. The van der Waals surface area contributed by atoms with Gasteiger partial charge in [0.15, 0.2) is 5.13 Å². The number of piperidine rings is 1. The molecule has 0 aliphatic carbocycles. The molecule has 1 aromatic rings. The topological polar surface area (TPSA) is 56.7 Å². The van der Waals surface area contributed by atoms with E-state index in [1.165, 1.54) is 17.8 Å². The van der Waals surface area contributed by atoms with Crippen molar-refractivity contribution in [2.45, 2.75) is 45.1 Å². The molecule has 2 unspecified atom stereocenters. The first kappa shape index (κ1) is 16.2. The minimum Gasteiger partial charge on any atom is -0.477 e. The Bertz CT molecular complexity index is 503. The van der Waals surface area contributed by atoms with Crippen LogP contribution in [0.1, 0.15) is 54.4 Å². The van der Waals surface area contributed by atoms with Crippen LogP contribution in [0.2, 0.25) is 0 Å². The van der Waals surface area contributed by atoms with Crippen molar-refractivity contribution in [3.8, 4) is 0 Å². The predicted molar refractivity (Wildman–Crippen MR) is 86.7 cm³/mol. The Morgan fingerprint density at radius 3 is 2.90 bits per heavy atom. The molecule has 1 fully saturated rings. The van der Waals surface area contributed by atoms with Crippen molar-refractivity contribution in [1.29, 1.82) is 0 Å². The van der Waals surface area contributed by atoms with Crippen molar-refractivity contribution in [2.75, 3.05) is 32.1 Å². The first-order chi connectivity index (χ1) is 9.93. The number of thiazole rings is 1. The summed E-state index contributed by atoms with van der Waals surface area (Å²) in [4.78, 5) is 21.0. The Morgan fingerprint density at radius 2 is 2.33 bits per heavy atom. The van der Waals surface area contributed by atoms with E-state index in [4.69, 9.17) is 0 Å². The number of anilines is 1. The number of likely N-dealkylation sites (tertiary alicyclic amines) is 1. The summed E-state index contributed by atoms with van der Waals surface area (Å²) >= 11 is 1.31. The van der Waals surface area contributed by atoms with Crippen LogP contribution in [-0.2, 0) is 0 Å². The van der Waals surface area contributed by atoms with E-state index in [0.29, 0.717) is 10.9 Å². The molecule has 118 valence electrons. The largest absolute Gasteiger partial charge is 0.477 e. The van der Waals surface area contributed by atoms with Crippen LogP contribution < -0.4 is 4.90 Å². The molecule has 0 radical (unpaired) electrons. The van der Waals surface area contributed by atoms with Gasteiger partial charge in [-0.2, -0.15) is 0 Å². The zero-order chi connectivity index (χ0) is 15.6. The number of carboxylic acids is 1. The summed E-state index contributed by atoms with van der Waals surface area (Å²) in [6.45, 7) is 6.26. The van der Waals surface area contributed by atoms with E-state index in [9.17, 15) is 9.90 Å². The minimum atomic E-state index is -0.858. The number of hydrogen-bond donors (Lipinski definition) is 1. The van der Waals surface area contributed by atoms with Crippen LogP contribution in [0.15, 0.2) is 0 Å². The van der Waals surface area contributed by atoms with Crippen molar-refractivity contribution in [2.24, 2.45) is 0 Å². The summed E-state index contributed by atoms with van der Waals surface area (Å²) in [5, 5.41) is 10.2. The molecular weight excluding hydrogens is 286 g/mol. The molecule has 2 heterocycles. The van der Waals surface area contributed by atoms with E-state index < -0.39 is 5.97 Å². The molecular formula is C15H25N3O2S. The lowest BCUT2D eigenvalue weighted by Gasteiger charge is -2.35. The summed E-state index contributed by atoms with van der Waals surface area (Å²) < 4.78 is 0. The van der Waals surface area contributed by atoms with E-state index in [1.54, 1.807) is 0 Å². The van der Waals surface area contributed by atoms with E-state index in [1.807, 2.05) is 14.0 Å². The first-order valence-corrected chi connectivity index (χ1v) is 8.41. The number of hydrogen-bond acceptors (Lipinski definition) is 5. The fourth-order valence-electron chi connectivity index (χ4n) is 2.76. The normalized spacial score (nSPS) is 21.2. The van der Waals surface area contributed by atoms with Gasteiger partial charge in [-0.25, -0.2) is 9.78 Å². The van der Waals surface area contributed by atoms with Gasteiger partial charge in [0.05, 0.1) is 5.69 Å². The molecule has 1 saturated heterocycles. The maximum absolute atomic E-state index is 11.5. The van der Waals surface area contributed by atoms with Gasteiger partial charge in [-0.15, -0.1) is 0 Å². The van der Waals surface area contributed by atoms with E-state index >= 15 is 0 Å². The quantitative estimate of drug-likeness (QED) is 0.906. The fourth-order valence-corrected chi connectivity index (χ4v) is 3.82. The van der Waals surface area contributed by atoms with Crippen LogP contribution in [0.5, 0.6) is 0 Å². The zero-order valence-corrected chi connectivity index (χ0v) is 14.1. The third-order valence-electron chi connectivity index (χ3n) is 4.36. The van der Waals surface area contributed by atoms with Crippen LogP contribution >= 0.6 is 11.3 Å². The third kappa shape index (κ3) is 3.55. The lowest BCUT2D eigenvalue weighted by molar-refractivity contribution is 0.0700. The second-order valence-corrected chi connectivity index (χ2v) is 6.97. The van der Waals surface area contributed by atoms with Crippen LogP contribution in [0.3, 0.4) is 0 Å². The Morgan fingerprint density at radius 1 is 1.62 bits per heavy atom. The molecule has 0 spiro atoms. The molecule has 21 heavy (non-hydrogen) atoms. The maximum atomic E-state index is 11.5. The highest BCUT2D eigenvalue weighted by Gasteiger charge is 2.27. The standard InChI is InChI=1S/C15H25N3O2S/c1-5-10(2)12-13(14(19)20)21-15(16-12)18(4)11-7-6-8-17(3)9-11/h10-11H,5-9H2,1-4H3,(H,19,20). The van der Waals surface area contributed by atoms with Crippen LogP contribution in [0.25, 0.3) is 0 Å². The summed E-state index contributed by atoms with van der Waals surface area (Å²) in [6, 6.07) is 0.418. The number of nitrogens with zero attached hydrogens (tertiary/aromatic N) is 3. The second kappa shape index (κ2) is 6.75. The predicted octanol–water partition coefficient (Wildman–Crippen LogP) is 2.89. The highest BCUT2D eigenvalue weighted by Crippen LogP contribution is 2.33. The van der Waals surface area contributed by atoms with Crippen molar-refractivity contribution in [3.05, 3.63) is 10.6 Å². The van der Waals surface area contributed by atoms with Gasteiger partial charge in [0.25, 0.3) is 0 Å². The molecule has 0 amide bonds. The first-order valence-electron chi connectivity index (χ1n) is 7.59. The Hall–Kier alpha value is -1.14. The molecule has 1 N–H and O–H groups in total. The molecule has 1 aliphatic rings. The SMILES string of the molecule is CCC(C)c1nc(N(C)C2CCCN(C)C2)sc1C(=O)O. The smallest absolute Gasteiger partial charge is 0.347 e.